The van der Waals surface area contributed by atoms with E-state index in [-0.39, 0.29) is 34.4 Å². The highest BCUT2D eigenvalue weighted by molar-refractivity contribution is 6.39. The van der Waals surface area contributed by atoms with Gasteiger partial charge in [-0.25, -0.2) is 4.39 Å². The number of alkyl halides is 3. The van der Waals surface area contributed by atoms with Crippen molar-refractivity contribution >= 4 is 34.8 Å². The van der Waals surface area contributed by atoms with Gasteiger partial charge >= 0.3 is 6.18 Å². The van der Waals surface area contributed by atoms with E-state index in [9.17, 15) is 27.5 Å². The molecule has 0 saturated carbocycles. The Morgan fingerprint density at radius 1 is 1.19 bits per heavy atom. The largest absolute Gasteiger partial charge is 0.421 e. The van der Waals surface area contributed by atoms with Crippen LogP contribution in [0.15, 0.2) is 35.7 Å². The van der Waals surface area contributed by atoms with Gasteiger partial charge in [0.15, 0.2) is 5.60 Å². The third-order valence-electron chi connectivity index (χ3n) is 3.99. The van der Waals surface area contributed by atoms with Crippen molar-refractivity contribution in [3.8, 4) is 0 Å². The Balaban J connectivity index is 2.20. The maximum atomic E-state index is 12.9. The number of allylic oxidation sites excluding steroid dienone is 3. The number of anilines is 1. The van der Waals surface area contributed by atoms with Crippen LogP contribution in [-0.4, -0.2) is 17.2 Å². The van der Waals surface area contributed by atoms with Gasteiger partial charge in [0.1, 0.15) is 5.83 Å². The lowest BCUT2D eigenvalue weighted by atomic mass is 9.95. The molecular weight excluding hydrogens is 397 g/mol. The number of benzene rings is 1. The fourth-order valence-corrected chi connectivity index (χ4v) is 2.91. The van der Waals surface area contributed by atoms with Crippen molar-refractivity contribution in [1.82, 2.24) is 0 Å². The molecule has 0 heterocycles. The molecule has 142 valence electrons. The van der Waals surface area contributed by atoms with Gasteiger partial charge in [0, 0.05) is 12.8 Å². The summed E-state index contributed by atoms with van der Waals surface area (Å²) in [5, 5.41) is 11.7. The molecule has 2 N–H and O–H groups in total. The summed E-state index contributed by atoms with van der Waals surface area (Å²) in [6.45, 7) is 0.579. The number of rotatable bonds is 4. The Hall–Kier alpha value is -1.57. The van der Waals surface area contributed by atoms with Gasteiger partial charge in [0.05, 0.1) is 15.7 Å². The van der Waals surface area contributed by atoms with Crippen LogP contribution in [0.3, 0.4) is 0 Å². The summed E-state index contributed by atoms with van der Waals surface area (Å²) in [5.74, 6) is -0.765. The first-order valence-electron chi connectivity index (χ1n) is 7.54. The zero-order valence-corrected chi connectivity index (χ0v) is 15.1. The third kappa shape index (κ3) is 4.58. The van der Waals surface area contributed by atoms with E-state index in [4.69, 9.17) is 23.2 Å². The number of amides is 1. The summed E-state index contributed by atoms with van der Waals surface area (Å²) < 4.78 is 51.8. The summed E-state index contributed by atoms with van der Waals surface area (Å²) in [6, 6.07) is 1.79. The summed E-state index contributed by atoms with van der Waals surface area (Å²) in [7, 11) is 0. The van der Waals surface area contributed by atoms with E-state index in [0.717, 1.165) is 12.1 Å². The molecule has 0 fully saturated rings. The number of aliphatic hydroxyl groups is 1. The van der Waals surface area contributed by atoms with Crippen LogP contribution in [0.25, 0.3) is 0 Å². The number of nitrogens with one attached hydrogen (secondary N) is 1. The van der Waals surface area contributed by atoms with E-state index in [1.54, 1.807) is 0 Å². The molecule has 1 aliphatic rings. The van der Waals surface area contributed by atoms with Gasteiger partial charge in [-0.3, -0.25) is 4.79 Å². The highest BCUT2D eigenvalue weighted by Crippen LogP contribution is 2.42. The van der Waals surface area contributed by atoms with Crippen LogP contribution in [-0.2, 0) is 10.4 Å². The Morgan fingerprint density at radius 3 is 2.23 bits per heavy atom. The molecule has 0 bridgehead atoms. The molecule has 1 amide bonds. The Kier molecular flexibility index (Phi) is 6.05. The fourth-order valence-electron chi connectivity index (χ4n) is 2.33. The molecule has 1 aromatic carbocycles. The highest BCUT2D eigenvalue weighted by atomic mass is 35.5. The second-order valence-electron chi connectivity index (χ2n) is 6.05. The van der Waals surface area contributed by atoms with Crippen molar-refractivity contribution in [3.05, 3.63) is 51.3 Å². The second kappa shape index (κ2) is 7.58. The molecule has 0 saturated heterocycles. The molecule has 26 heavy (non-hydrogen) atoms. The van der Waals surface area contributed by atoms with Crippen LogP contribution in [0.1, 0.15) is 31.7 Å². The summed E-state index contributed by atoms with van der Waals surface area (Å²) in [6.07, 6.45) is -1.57. The molecule has 3 nitrogen and oxygen atoms in total. The monoisotopic (exact) mass is 411 g/mol. The summed E-state index contributed by atoms with van der Waals surface area (Å²) in [5.41, 5.74) is -3.05. The van der Waals surface area contributed by atoms with E-state index >= 15 is 0 Å². The van der Waals surface area contributed by atoms with Crippen molar-refractivity contribution in [2.75, 3.05) is 5.32 Å². The number of hydrogen-bond acceptors (Lipinski definition) is 2. The van der Waals surface area contributed by atoms with Gasteiger partial charge in [-0.1, -0.05) is 34.9 Å². The molecular formula is C17H15Cl2F4NO2. The first kappa shape index (κ1) is 20.7. The number of carbonyl (C=O) groups is 1. The van der Waals surface area contributed by atoms with Crippen molar-refractivity contribution in [1.29, 1.82) is 0 Å². The molecule has 9 heteroatoms. The molecule has 0 aliphatic heterocycles. The van der Waals surface area contributed by atoms with Gasteiger partial charge in [-0.15, -0.1) is 0 Å². The van der Waals surface area contributed by atoms with Crippen LogP contribution in [0.4, 0.5) is 23.2 Å². The normalized spacial score (nSPS) is 17.2. The SMILES string of the molecule is CC(O)(c1cc(Cl)c(NC(=O)CC2=CC=C(F)CC2)c(Cl)c1)C(F)(F)F. The summed E-state index contributed by atoms with van der Waals surface area (Å²) >= 11 is 11.9. The first-order chi connectivity index (χ1) is 11.9. The van der Waals surface area contributed by atoms with Gasteiger partial charge in [0.2, 0.25) is 5.91 Å². The average Bonchev–Trinajstić information content (AvgIpc) is 2.52. The van der Waals surface area contributed by atoms with Crippen molar-refractivity contribution in [2.24, 2.45) is 0 Å². The predicted octanol–water partition coefficient (Wildman–Crippen LogP) is 5.67. The van der Waals surface area contributed by atoms with Gasteiger partial charge in [0.25, 0.3) is 0 Å². The number of carbonyl (C=O) groups excluding carboxylic acids is 1. The maximum absolute atomic E-state index is 12.9. The van der Waals surface area contributed by atoms with Crippen LogP contribution in [0.5, 0.6) is 0 Å². The Labute approximate surface area is 157 Å². The first-order valence-corrected chi connectivity index (χ1v) is 8.30. The minimum atomic E-state index is -4.93. The zero-order chi connectivity index (χ0) is 19.7. The Morgan fingerprint density at radius 2 is 1.77 bits per heavy atom. The minimum Gasteiger partial charge on any atom is -0.376 e. The molecule has 1 aromatic rings. The van der Waals surface area contributed by atoms with Crippen LogP contribution in [0.2, 0.25) is 10.0 Å². The number of halogens is 6. The fraction of sp³-hybridized carbons (Fsp3) is 0.353. The number of hydrogen-bond donors (Lipinski definition) is 2. The van der Waals surface area contributed by atoms with Gasteiger partial charge in [-0.05, 0) is 37.1 Å². The lowest BCUT2D eigenvalue weighted by molar-refractivity contribution is -0.258. The predicted molar refractivity (Wildman–Crippen MR) is 91.8 cm³/mol. The molecule has 2 rings (SSSR count). The highest BCUT2D eigenvalue weighted by Gasteiger charge is 2.51. The van der Waals surface area contributed by atoms with Gasteiger partial charge < -0.3 is 10.4 Å². The smallest absolute Gasteiger partial charge is 0.376 e. The van der Waals surface area contributed by atoms with Crippen LogP contribution >= 0.6 is 23.2 Å². The van der Waals surface area contributed by atoms with Crippen molar-refractivity contribution in [3.63, 3.8) is 0 Å². The summed E-state index contributed by atoms with van der Waals surface area (Å²) in [4.78, 5) is 12.1. The van der Waals surface area contributed by atoms with Gasteiger partial charge in [-0.2, -0.15) is 13.2 Å². The standard InChI is InChI=1S/C17H15Cl2F4NO2/c1-16(26,17(21,22)23)10-7-12(18)15(13(19)8-10)24-14(25)6-9-2-4-11(20)5-3-9/h2,4,7-8,26H,3,5-6H2,1H3,(H,24,25). The van der Waals surface area contributed by atoms with Crippen LogP contribution < -0.4 is 5.32 Å². The van der Waals surface area contributed by atoms with Crippen molar-refractivity contribution < 1.29 is 27.5 Å². The Bertz CT molecular complexity index is 762. The minimum absolute atomic E-state index is 0.0293. The quantitative estimate of drug-likeness (QED) is 0.627. The lowest BCUT2D eigenvalue weighted by Crippen LogP contribution is -2.39. The molecule has 0 radical (unpaired) electrons. The van der Waals surface area contributed by atoms with E-state index in [1.165, 1.54) is 12.2 Å². The molecule has 1 atom stereocenters. The van der Waals surface area contributed by atoms with Crippen molar-refractivity contribution in [2.45, 2.75) is 38.0 Å². The zero-order valence-electron chi connectivity index (χ0n) is 13.6. The lowest BCUT2D eigenvalue weighted by Gasteiger charge is -2.27. The molecule has 1 unspecified atom stereocenters. The molecule has 1 aliphatic carbocycles. The van der Waals surface area contributed by atoms with E-state index in [0.29, 0.717) is 18.9 Å². The van der Waals surface area contributed by atoms with Crippen LogP contribution in [0, 0.1) is 0 Å². The topological polar surface area (TPSA) is 49.3 Å². The second-order valence-corrected chi connectivity index (χ2v) is 6.86. The van der Waals surface area contributed by atoms with E-state index in [2.05, 4.69) is 5.32 Å². The third-order valence-corrected chi connectivity index (χ3v) is 4.59. The van der Waals surface area contributed by atoms with E-state index in [1.807, 2.05) is 0 Å². The maximum Gasteiger partial charge on any atom is 0.421 e. The average molecular weight is 412 g/mol. The van der Waals surface area contributed by atoms with E-state index < -0.39 is 23.2 Å². The molecule has 0 spiro atoms. The molecule has 0 aromatic heterocycles.